The normalized spacial score (nSPS) is 17.3. The maximum Gasteiger partial charge on any atom is 0.251 e. The lowest BCUT2D eigenvalue weighted by Gasteiger charge is -2.30. The molecule has 1 heterocycles. The monoisotopic (exact) mass is 450 g/mol. The molecule has 1 N–H and O–H groups in total. The Hall–Kier alpha value is -1.20. The van der Waals surface area contributed by atoms with Crippen molar-refractivity contribution in [3.05, 3.63) is 69.2 Å². The molecule has 0 aromatic heterocycles. The Labute approximate surface area is 188 Å². The van der Waals surface area contributed by atoms with Crippen molar-refractivity contribution in [1.29, 1.82) is 0 Å². The van der Waals surface area contributed by atoms with Gasteiger partial charge in [-0.3, -0.25) is 9.69 Å². The van der Waals surface area contributed by atoms with E-state index < -0.39 is 0 Å². The van der Waals surface area contributed by atoms with Crippen LogP contribution in [-0.2, 0) is 12.3 Å². The van der Waals surface area contributed by atoms with Gasteiger partial charge in [0, 0.05) is 46.7 Å². The number of likely N-dealkylation sites (tertiary alicyclic amines) is 1. The van der Waals surface area contributed by atoms with Crippen LogP contribution in [0, 0.1) is 5.92 Å². The summed E-state index contributed by atoms with van der Waals surface area (Å²) in [5.74, 6) is 2.29. The average Bonchev–Trinajstić information content (AvgIpc) is 2.70. The summed E-state index contributed by atoms with van der Waals surface area (Å²) in [6.07, 6.45) is 2.61. The quantitative estimate of drug-likeness (QED) is 0.508. The number of benzene rings is 2. The zero-order valence-corrected chi connectivity index (χ0v) is 19.1. The van der Waals surface area contributed by atoms with Crippen LogP contribution in [0.5, 0.6) is 0 Å². The molecule has 1 fully saturated rings. The van der Waals surface area contributed by atoms with E-state index in [0.29, 0.717) is 22.2 Å². The molecule has 1 atom stereocenters. The van der Waals surface area contributed by atoms with Crippen LogP contribution in [0.2, 0.25) is 10.0 Å². The number of piperidine rings is 1. The molecule has 2 aromatic carbocycles. The molecule has 1 unspecified atom stereocenters. The first-order valence-corrected chi connectivity index (χ1v) is 12.0. The van der Waals surface area contributed by atoms with E-state index in [-0.39, 0.29) is 5.91 Å². The number of carbonyl (C=O) groups is 1. The Kier molecular flexibility index (Phi) is 8.73. The van der Waals surface area contributed by atoms with E-state index in [1.807, 2.05) is 30.3 Å². The van der Waals surface area contributed by atoms with Crippen molar-refractivity contribution in [3.63, 3.8) is 0 Å². The molecular formula is C23H28Cl2N2OS. The number of thioether (sulfide) groups is 1. The van der Waals surface area contributed by atoms with Gasteiger partial charge in [0.2, 0.25) is 0 Å². The van der Waals surface area contributed by atoms with Crippen molar-refractivity contribution in [2.45, 2.75) is 32.1 Å². The van der Waals surface area contributed by atoms with E-state index in [4.69, 9.17) is 23.2 Å². The third-order valence-corrected chi connectivity index (χ3v) is 6.90. The highest BCUT2D eigenvalue weighted by molar-refractivity contribution is 7.98. The molecule has 0 radical (unpaired) electrons. The Morgan fingerprint density at radius 3 is 2.59 bits per heavy atom. The fourth-order valence-corrected chi connectivity index (χ4v) is 5.23. The smallest absolute Gasteiger partial charge is 0.251 e. The minimum atomic E-state index is -0.0282. The third-order valence-electron chi connectivity index (χ3n) is 5.20. The van der Waals surface area contributed by atoms with Crippen LogP contribution < -0.4 is 5.32 Å². The summed E-state index contributed by atoms with van der Waals surface area (Å²) in [4.78, 5) is 14.9. The van der Waals surface area contributed by atoms with Crippen molar-refractivity contribution >= 4 is 40.9 Å². The van der Waals surface area contributed by atoms with Gasteiger partial charge in [-0.25, -0.2) is 0 Å². The molecule has 3 nitrogen and oxygen atoms in total. The first-order valence-electron chi connectivity index (χ1n) is 10.1. The highest BCUT2D eigenvalue weighted by Crippen LogP contribution is 2.28. The van der Waals surface area contributed by atoms with Gasteiger partial charge >= 0.3 is 0 Å². The van der Waals surface area contributed by atoms with Crippen LogP contribution in [0.15, 0.2) is 42.5 Å². The molecule has 1 saturated heterocycles. The van der Waals surface area contributed by atoms with E-state index in [9.17, 15) is 4.79 Å². The number of nitrogens with zero attached hydrogens (tertiary/aromatic N) is 1. The third kappa shape index (κ3) is 6.92. The molecule has 6 heteroatoms. The average molecular weight is 451 g/mol. The summed E-state index contributed by atoms with van der Waals surface area (Å²) in [5, 5.41) is 4.36. The topological polar surface area (TPSA) is 32.3 Å². The minimum Gasteiger partial charge on any atom is -0.351 e. The van der Waals surface area contributed by atoms with E-state index in [2.05, 4.69) is 29.3 Å². The van der Waals surface area contributed by atoms with E-state index in [1.54, 1.807) is 11.8 Å². The lowest BCUT2D eigenvalue weighted by Crippen LogP contribution is -2.33. The predicted molar refractivity (Wildman–Crippen MR) is 125 cm³/mol. The number of rotatable bonds is 8. The van der Waals surface area contributed by atoms with Crippen LogP contribution in [0.1, 0.15) is 41.3 Å². The Bertz CT molecular complexity index is 793. The summed E-state index contributed by atoms with van der Waals surface area (Å²) in [6.45, 7) is 6.23. The van der Waals surface area contributed by atoms with Crippen molar-refractivity contribution in [2.24, 2.45) is 5.92 Å². The molecule has 0 spiro atoms. The lowest BCUT2D eigenvalue weighted by atomic mass is 9.99. The van der Waals surface area contributed by atoms with E-state index >= 15 is 0 Å². The van der Waals surface area contributed by atoms with Gasteiger partial charge in [0.15, 0.2) is 0 Å². The zero-order valence-electron chi connectivity index (χ0n) is 16.8. The van der Waals surface area contributed by atoms with Gasteiger partial charge in [-0.15, -0.1) is 0 Å². The molecule has 2 aromatic rings. The van der Waals surface area contributed by atoms with Crippen LogP contribution in [-0.4, -0.2) is 36.2 Å². The Morgan fingerprint density at radius 2 is 1.90 bits per heavy atom. The van der Waals surface area contributed by atoms with Gasteiger partial charge in [0.25, 0.3) is 5.91 Å². The maximum atomic E-state index is 12.4. The fourth-order valence-electron chi connectivity index (χ4n) is 3.63. The second-order valence-electron chi connectivity index (χ2n) is 7.69. The maximum absolute atomic E-state index is 12.4. The van der Waals surface area contributed by atoms with Crippen molar-refractivity contribution in [3.8, 4) is 0 Å². The van der Waals surface area contributed by atoms with Crippen molar-refractivity contribution < 1.29 is 4.79 Å². The zero-order chi connectivity index (χ0) is 20.6. The summed E-state index contributed by atoms with van der Waals surface area (Å²) >= 11 is 14.1. The molecular weight excluding hydrogens is 423 g/mol. The largest absolute Gasteiger partial charge is 0.351 e. The van der Waals surface area contributed by atoms with Crippen molar-refractivity contribution in [1.82, 2.24) is 10.2 Å². The van der Waals surface area contributed by atoms with Crippen LogP contribution in [0.3, 0.4) is 0 Å². The molecule has 0 aliphatic carbocycles. The predicted octanol–water partition coefficient (Wildman–Crippen LogP) is 5.89. The summed E-state index contributed by atoms with van der Waals surface area (Å²) in [5.41, 5.74) is 2.92. The number of hydrogen-bond donors (Lipinski definition) is 1. The second-order valence-corrected chi connectivity index (χ2v) is 9.61. The highest BCUT2D eigenvalue weighted by Gasteiger charge is 2.16. The SMILES string of the molecule is CC1CCCN(Cc2ccc(C(=O)NCCSCc3c(Cl)cccc3Cl)cc2)C1. The molecule has 156 valence electrons. The molecule has 0 saturated carbocycles. The second kappa shape index (κ2) is 11.3. The molecule has 1 amide bonds. The first-order chi connectivity index (χ1) is 14.0. The standard InChI is InChI=1S/C23H28Cl2N2OS/c1-17-4-3-12-27(14-17)15-18-7-9-19(10-8-18)23(28)26-11-13-29-16-20-21(24)5-2-6-22(20)25/h2,5-10,17H,3-4,11-16H2,1H3,(H,26,28). The Balaban J connectivity index is 1.39. The summed E-state index contributed by atoms with van der Waals surface area (Å²) in [7, 11) is 0. The van der Waals surface area contributed by atoms with Gasteiger partial charge in [0.05, 0.1) is 0 Å². The van der Waals surface area contributed by atoms with Gasteiger partial charge < -0.3 is 5.32 Å². The molecule has 3 rings (SSSR count). The lowest BCUT2D eigenvalue weighted by molar-refractivity contribution is 0.0956. The number of amides is 1. The van der Waals surface area contributed by atoms with E-state index in [1.165, 1.54) is 31.5 Å². The first kappa shape index (κ1) is 22.5. The van der Waals surface area contributed by atoms with Gasteiger partial charge in [-0.05, 0) is 60.7 Å². The van der Waals surface area contributed by atoms with Crippen molar-refractivity contribution in [2.75, 3.05) is 25.4 Å². The van der Waals surface area contributed by atoms with Gasteiger partial charge in [-0.2, -0.15) is 11.8 Å². The molecule has 0 bridgehead atoms. The molecule has 1 aliphatic heterocycles. The highest BCUT2D eigenvalue weighted by atomic mass is 35.5. The molecule has 29 heavy (non-hydrogen) atoms. The van der Waals surface area contributed by atoms with Crippen LogP contribution in [0.4, 0.5) is 0 Å². The number of nitrogens with one attached hydrogen (secondary N) is 1. The van der Waals surface area contributed by atoms with Gasteiger partial charge in [0.1, 0.15) is 0 Å². The summed E-state index contributed by atoms with van der Waals surface area (Å²) < 4.78 is 0. The van der Waals surface area contributed by atoms with Crippen LogP contribution in [0.25, 0.3) is 0 Å². The van der Waals surface area contributed by atoms with Gasteiger partial charge in [-0.1, -0.05) is 48.3 Å². The summed E-state index contributed by atoms with van der Waals surface area (Å²) in [6, 6.07) is 13.5. The number of halogens is 2. The van der Waals surface area contributed by atoms with E-state index in [0.717, 1.165) is 29.5 Å². The number of carbonyl (C=O) groups excluding carboxylic acids is 1. The molecule has 1 aliphatic rings. The minimum absolute atomic E-state index is 0.0282. The van der Waals surface area contributed by atoms with Crippen LogP contribution >= 0.6 is 35.0 Å². The number of hydrogen-bond acceptors (Lipinski definition) is 3. The fraction of sp³-hybridized carbons (Fsp3) is 0.435. The Morgan fingerprint density at radius 1 is 1.17 bits per heavy atom.